The molecule has 5 rings (SSSR count). The minimum atomic E-state index is -1.27. The van der Waals surface area contributed by atoms with Gasteiger partial charge in [-0.3, -0.25) is 38.5 Å². The number of carbonyl (C=O) groups is 9. The van der Waals surface area contributed by atoms with Crippen LogP contribution in [0.5, 0.6) is 0 Å². The Kier molecular flexibility index (Phi) is 23.3. The number of halogens is 3. The number of urea groups is 1. The Morgan fingerprint density at radius 3 is 2.24 bits per heavy atom. The van der Waals surface area contributed by atoms with Crippen LogP contribution in [0.25, 0.3) is 11.3 Å². The zero-order valence-corrected chi connectivity index (χ0v) is 46.3. The zero-order valence-electron chi connectivity index (χ0n) is 46.3. The van der Waals surface area contributed by atoms with Crippen LogP contribution in [0, 0.1) is 23.0 Å². The van der Waals surface area contributed by atoms with E-state index in [1.165, 1.54) is 28.9 Å². The Hall–Kier alpha value is -7.63. The predicted molar refractivity (Wildman–Crippen MR) is 289 cm³/mol. The number of nitrogens with two attached hydrogens (primary N) is 2. The highest BCUT2D eigenvalue weighted by molar-refractivity contribution is 6.12. The lowest BCUT2D eigenvalue weighted by Gasteiger charge is -2.40. The molecule has 3 heterocycles. The van der Waals surface area contributed by atoms with Gasteiger partial charge in [-0.05, 0) is 87.0 Å². The normalized spacial score (nSPS) is 16.2. The molecule has 80 heavy (non-hydrogen) atoms. The van der Waals surface area contributed by atoms with Gasteiger partial charge in [-0.25, -0.2) is 27.7 Å². The molecule has 6 unspecified atom stereocenters. The molecule has 2 aromatic carbocycles. The number of hydrogen-bond acceptors (Lipinski definition) is 12. The third-order valence-electron chi connectivity index (χ3n) is 13.8. The average molecular weight is 1120 g/mol. The summed E-state index contributed by atoms with van der Waals surface area (Å²) in [6.45, 7) is 9.02. The molecule has 3 aromatic rings. The number of nitrogens with zero attached hydrogens (tertiary/aromatic N) is 5. The van der Waals surface area contributed by atoms with Crippen molar-refractivity contribution in [2.75, 3.05) is 39.5 Å². The molecule has 21 nitrogen and oxygen atoms in total. The van der Waals surface area contributed by atoms with Crippen molar-refractivity contribution in [3.8, 4) is 11.3 Å². The van der Waals surface area contributed by atoms with E-state index in [-0.39, 0.29) is 81.9 Å². The standard InChI is InChI=1S/C56H76F3N11O10/c1-34(2)48(66-44(71)19-11-8-12-26-69-45(72)22-23-46(69)73)52(76)65-41(17-13-25-62-55(61)79)51(75)63-35(3)53(77)68-27-14-18-43(68)54(78)80-33-47(74)70(28-24-38(60)30-57)49(56(4,5)6)50-64-42(39-29-37(58)20-21-40(39)59)32-67(50)31-36-15-9-7-10-16-36/h7,9-10,15-16,20-23,29,32,34-35,38,41,43,48-49H,8,11-14,17-19,24-28,30-31,33,60H2,1-6H3,(H,63,75)(H,65,76)(H,66,71)(H3,61,62,79). The van der Waals surface area contributed by atoms with E-state index < -0.39 is 126 Å². The third-order valence-corrected chi connectivity index (χ3v) is 13.8. The molecule has 24 heteroatoms. The van der Waals surface area contributed by atoms with Gasteiger partial charge in [0.05, 0.1) is 11.7 Å². The quantitative estimate of drug-likeness (QED) is 0.0326. The summed E-state index contributed by atoms with van der Waals surface area (Å²) in [7, 11) is 0. The van der Waals surface area contributed by atoms with E-state index >= 15 is 4.39 Å². The highest BCUT2D eigenvalue weighted by Gasteiger charge is 2.42. The lowest BCUT2D eigenvalue weighted by atomic mass is 9.84. The van der Waals surface area contributed by atoms with Crippen LogP contribution in [-0.4, -0.2) is 147 Å². The second-order valence-corrected chi connectivity index (χ2v) is 21.6. The molecular weight excluding hydrogens is 1040 g/mol. The van der Waals surface area contributed by atoms with Gasteiger partial charge in [-0.1, -0.05) is 71.4 Å². The van der Waals surface area contributed by atoms with Gasteiger partial charge in [-0.2, -0.15) is 0 Å². The van der Waals surface area contributed by atoms with Gasteiger partial charge in [-0.15, -0.1) is 0 Å². The summed E-state index contributed by atoms with van der Waals surface area (Å²) in [5, 5.41) is 10.4. The molecule has 0 bridgehead atoms. The summed E-state index contributed by atoms with van der Waals surface area (Å²) >= 11 is 0. The number of alkyl halides is 1. The van der Waals surface area contributed by atoms with Crippen molar-refractivity contribution < 1.29 is 61.1 Å². The predicted octanol–water partition coefficient (Wildman–Crippen LogP) is 4.08. The van der Waals surface area contributed by atoms with Crippen molar-refractivity contribution in [1.29, 1.82) is 0 Å². The number of ether oxygens (including phenoxy) is 1. The maximum atomic E-state index is 15.3. The van der Waals surface area contributed by atoms with Crippen molar-refractivity contribution in [2.45, 2.75) is 142 Å². The van der Waals surface area contributed by atoms with Gasteiger partial charge in [0, 0.05) is 69.1 Å². The molecule has 1 aromatic heterocycles. The van der Waals surface area contributed by atoms with Crippen LogP contribution in [0.4, 0.5) is 18.0 Å². The van der Waals surface area contributed by atoms with Crippen molar-refractivity contribution in [1.82, 2.24) is 45.5 Å². The lowest BCUT2D eigenvalue weighted by Crippen LogP contribution is -2.58. The van der Waals surface area contributed by atoms with Crippen LogP contribution in [0.2, 0.25) is 0 Å². The largest absolute Gasteiger partial charge is 0.454 e. The van der Waals surface area contributed by atoms with E-state index in [0.29, 0.717) is 25.7 Å². The first-order valence-electron chi connectivity index (χ1n) is 27.0. The fourth-order valence-electron chi connectivity index (χ4n) is 9.58. The van der Waals surface area contributed by atoms with Crippen LogP contribution in [0.1, 0.15) is 117 Å². The Bertz CT molecular complexity index is 2700. The fourth-order valence-corrected chi connectivity index (χ4v) is 9.58. The van der Waals surface area contributed by atoms with Crippen molar-refractivity contribution in [3.05, 3.63) is 89.9 Å². The fraction of sp³-hybridized carbons (Fsp3) is 0.536. The Morgan fingerprint density at radius 1 is 0.887 bits per heavy atom. The molecule has 436 valence electrons. The van der Waals surface area contributed by atoms with Crippen LogP contribution >= 0.6 is 0 Å². The van der Waals surface area contributed by atoms with Gasteiger partial charge < -0.3 is 51.8 Å². The van der Waals surface area contributed by atoms with Gasteiger partial charge in [0.1, 0.15) is 48.3 Å². The van der Waals surface area contributed by atoms with E-state index in [9.17, 15) is 51.9 Å². The highest BCUT2D eigenvalue weighted by Crippen LogP contribution is 2.40. The molecule has 0 radical (unpaired) electrons. The summed E-state index contributed by atoms with van der Waals surface area (Å²) in [5.41, 5.74) is 11.2. The Balaban J connectivity index is 1.27. The Morgan fingerprint density at radius 2 is 1.59 bits per heavy atom. The SMILES string of the molecule is CC(NC(=O)C(CCCNC(N)=O)NC(=O)C(NC(=O)CCCCCN1C(=O)C=CC1=O)C(C)C)C(=O)N1CCCC1C(=O)OCC(=O)N(CCC(N)CF)C(c1nc(-c2cc(F)ccc2F)cn1Cc1ccccc1)C(C)(C)C. The van der Waals surface area contributed by atoms with Gasteiger partial charge in [0.15, 0.2) is 6.61 Å². The molecule has 0 saturated carbocycles. The average Bonchev–Trinajstić information content (AvgIpc) is 4.15. The third kappa shape index (κ3) is 17.9. The topological polar surface area (TPSA) is 291 Å². The number of hydrogen-bond donors (Lipinski definition) is 6. The number of imide groups is 1. The smallest absolute Gasteiger partial charge is 0.329 e. The van der Waals surface area contributed by atoms with Crippen LogP contribution in [0.15, 0.2) is 66.9 Å². The van der Waals surface area contributed by atoms with E-state index in [0.717, 1.165) is 28.7 Å². The van der Waals surface area contributed by atoms with Crippen molar-refractivity contribution >= 4 is 53.4 Å². The minimum absolute atomic E-state index is 0.0121. The maximum absolute atomic E-state index is 15.3. The number of amides is 9. The first-order chi connectivity index (χ1) is 37.9. The van der Waals surface area contributed by atoms with Crippen molar-refractivity contribution in [3.63, 3.8) is 0 Å². The first-order valence-corrected chi connectivity index (χ1v) is 27.0. The molecule has 8 N–H and O–H groups in total. The minimum Gasteiger partial charge on any atom is -0.454 e. The number of primary amides is 1. The molecular formula is C56H76F3N11O10. The highest BCUT2D eigenvalue weighted by atomic mass is 19.1. The first kappa shape index (κ1) is 63.2. The number of imidazole rings is 1. The van der Waals surface area contributed by atoms with Gasteiger partial charge >= 0.3 is 12.0 Å². The monoisotopic (exact) mass is 1120 g/mol. The molecule has 2 aliphatic heterocycles. The molecule has 2 aliphatic rings. The number of rotatable bonds is 29. The summed E-state index contributed by atoms with van der Waals surface area (Å²) in [5.74, 6) is -6.57. The van der Waals surface area contributed by atoms with Crippen molar-refractivity contribution in [2.24, 2.45) is 22.8 Å². The molecule has 6 atom stereocenters. The summed E-state index contributed by atoms with van der Waals surface area (Å²) in [4.78, 5) is 127. The van der Waals surface area contributed by atoms with E-state index in [1.807, 2.05) is 51.1 Å². The number of aromatic nitrogens is 2. The van der Waals surface area contributed by atoms with E-state index in [4.69, 9.17) is 21.2 Å². The molecule has 9 amide bonds. The number of nitrogens with one attached hydrogen (secondary N) is 4. The molecule has 0 spiro atoms. The lowest BCUT2D eigenvalue weighted by molar-refractivity contribution is -0.160. The maximum Gasteiger partial charge on any atom is 0.329 e. The number of likely N-dealkylation sites (tertiary alicyclic amines) is 1. The zero-order chi connectivity index (χ0) is 58.8. The second kappa shape index (κ2) is 29.5. The summed E-state index contributed by atoms with van der Waals surface area (Å²) in [6.07, 6.45) is 6.05. The van der Waals surface area contributed by atoms with Crippen LogP contribution < -0.4 is 32.7 Å². The van der Waals surface area contributed by atoms with Gasteiger partial charge in [0.25, 0.3) is 17.7 Å². The van der Waals surface area contributed by atoms with E-state index in [1.54, 1.807) is 24.6 Å². The Labute approximate surface area is 464 Å². The van der Waals surface area contributed by atoms with E-state index in [2.05, 4.69) is 21.3 Å². The number of esters is 1. The second-order valence-electron chi connectivity index (χ2n) is 21.6. The molecule has 0 aliphatic carbocycles. The van der Waals surface area contributed by atoms with Gasteiger partial charge in [0.2, 0.25) is 23.6 Å². The summed E-state index contributed by atoms with van der Waals surface area (Å²) in [6, 6.07) is 4.74. The molecule has 1 saturated heterocycles. The number of unbranched alkanes of at least 4 members (excludes halogenated alkanes) is 2. The van der Waals surface area contributed by atoms with Crippen LogP contribution in [-0.2, 0) is 49.6 Å². The number of carbonyl (C=O) groups excluding carboxylic acids is 9. The molecule has 1 fully saturated rings. The van der Waals surface area contributed by atoms with Crippen LogP contribution in [0.3, 0.4) is 0 Å². The summed E-state index contributed by atoms with van der Waals surface area (Å²) < 4.78 is 51.2. The number of benzene rings is 2.